The summed E-state index contributed by atoms with van der Waals surface area (Å²) in [5.41, 5.74) is 1.55. The number of rotatable bonds is 7. The molecule has 2 aromatic carbocycles. The van der Waals surface area contributed by atoms with Crippen LogP contribution in [0.3, 0.4) is 0 Å². The van der Waals surface area contributed by atoms with Crippen LogP contribution in [0.1, 0.15) is 32.4 Å². The van der Waals surface area contributed by atoms with Crippen molar-refractivity contribution in [2.45, 2.75) is 37.8 Å². The number of hydrogen-bond donors (Lipinski definition) is 2. The van der Waals surface area contributed by atoms with E-state index in [1.807, 2.05) is 0 Å². The predicted molar refractivity (Wildman–Crippen MR) is 123 cm³/mol. The Bertz CT molecular complexity index is 1190. The Labute approximate surface area is 193 Å². The van der Waals surface area contributed by atoms with E-state index in [1.165, 1.54) is 24.1 Å². The quantitative estimate of drug-likeness (QED) is 0.596. The zero-order valence-electron chi connectivity index (χ0n) is 19.1. The van der Waals surface area contributed by atoms with E-state index in [0.717, 1.165) is 0 Å². The zero-order chi connectivity index (χ0) is 24.3. The van der Waals surface area contributed by atoms with Gasteiger partial charge in [0.25, 0.3) is 10.0 Å². The summed E-state index contributed by atoms with van der Waals surface area (Å²) < 4.78 is 38.6. The number of hydrogen-bond acceptors (Lipinski definition) is 6. The molecule has 176 valence electrons. The van der Waals surface area contributed by atoms with Gasteiger partial charge >= 0.3 is 12.0 Å². The number of ether oxygens (including phenoxy) is 2. The normalized spacial score (nSPS) is 16.5. The third-order valence-electron chi connectivity index (χ3n) is 5.16. The number of amides is 2. The second-order valence-corrected chi connectivity index (χ2v) is 9.48. The van der Waals surface area contributed by atoms with Gasteiger partial charge in [0.15, 0.2) is 0 Å². The molecule has 1 heterocycles. The van der Waals surface area contributed by atoms with E-state index < -0.39 is 22.0 Å². The van der Waals surface area contributed by atoms with E-state index in [4.69, 9.17) is 9.47 Å². The Balaban J connectivity index is 1.95. The number of benzene rings is 2. The third-order valence-corrected chi connectivity index (χ3v) is 6.56. The summed E-state index contributed by atoms with van der Waals surface area (Å²) in [6, 6.07) is 11.3. The van der Waals surface area contributed by atoms with Crippen LogP contribution in [0.15, 0.2) is 64.7 Å². The van der Waals surface area contributed by atoms with Crippen LogP contribution in [0.2, 0.25) is 0 Å². The SMILES string of the molecule is COc1ccc(S(=O)(=O)Nc2cccc([C@@H]3NC(=O)N(C)C(C)=C3C(=O)OC(C)C)c2)cc1. The average molecular weight is 474 g/mol. The van der Waals surface area contributed by atoms with Crippen molar-refractivity contribution in [1.82, 2.24) is 10.2 Å². The van der Waals surface area contributed by atoms with Crippen molar-refractivity contribution < 1.29 is 27.5 Å². The van der Waals surface area contributed by atoms with Crippen LogP contribution in [-0.2, 0) is 19.6 Å². The third kappa shape index (κ3) is 5.28. The van der Waals surface area contributed by atoms with Gasteiger partial charge in [-0.25, -0.2) is 18.0 Å². The first-order chi connectivity index (χ1) is 15.5. The highest BCUT2D eigenvalue weighted by atomic mass is 32.2. The maximum atomic E-state index is 12.8. The standard InChI is InChI=1S/C23H27N3O6S/c1-14(2)32-22(27)20-15(3)26(4)23(28)24-21(20)16-7-6-8-17(13-16)25-33(29,30)19-11-9-18(31-5)10-12-19/h6-14,21,25H,1-5H3,(H,24,28)/t21-/m0/s1. The Morgan fingerprint density at radius 2 is 1.82 bits per heavy atom. The molecule has 33 heavy (non-hydrogen) atoms. The molecule has 0 aromatic heterocycles. The van der Waals surface area contributed by atoms with E-state index in [0.29, 0.717) is 17.0 Å². The van der Waals surface area contributed by atoms with Crippen LogP contribution in [-0.4, -0.2) is 45.6 Å². The summed E-state index contributed by atoms with van der Waals surface area (Å²) in [4.78, 5) is 26.7. The maximum Gasteiger partial charge on any atom is 0.338 e. The average Bonchev–Trinajstić information content (AvgIpc) is 2.76. The number of esters is 1. The molecule has 2 aromatic rings. The van der Waals surface area contributed by atoms with Gasteiger partial charge in [-0.05, 0) is 62.7 Å². The molecular formula is C23H27N3O6S. The van der Waals surface area contributed by atoms with Crippen molar-refractivity contribution in [3.63, 3.8) is 0 Å². The van der Waals surface area contributed by atoms with Gasteiger partial charge in [0.1, 0.15) is 5.75 Å². The fourth-order valence-corrected chi connectivity index (χ4v) is 4.43. The van der Waals surface area contributed by atoms with Gasteiger partial charge < -0.3 is 19.7 Å². The first-order valence-electron chi connectivity index (χ1n) is 10.3. The molecule has 0 bridgehead atoms. The van der Waals surface area contributed by atoms with Crippen LogP contribution < -0.4 is 14.8 Å². The van der Waals surface area contributed by atoms with Crippen molar-refractivity contribution in [3.8, 4) is 5.75 Å². The lowest BCUT2D eigenvalue weighted by Crippen LogP contribution is -2.46. The van der Waals surface area contributed by atoms with Gasteiger partial charge in [-0.1, -0.05) is 12.1 Å². The number of urea groups is 1. The van der Waals surface area contributed by atoms with Gasteiger partial charge in [-0.3, -0.25) is 4.72 Å². The predicted octanol–water partition coefficient (Wildman–Crippen LogP) is 3.42. The van der Waals surface area contributed by atoms with Gasteiger partial charge in [0.05, 0.1) is 29.7 Å². The lowest BCUT2D eigenvalue weighted by Gasteiger charge is -2.33. The summed E-state index contributed by atoms with van der Waals surface area (Å²) >= 11 is 0. The Kier molecular flexibility index (Phi) is 6.97. The van der Waals surface area contributed by atoms with Crippen molar-refractivity contribution >= 4 is 27.7 Å². The van der Waals surface area contributed by atoms with Gasteiger partial charge in [-0.2, -0.15) is 0 Å². The summed E-state index contributed by atoms with van der Waals surface area (Å²) in [5.74, 6) is -0.0134. The number of carbonyl (C=O) groups excluding carboxylic acids is 2. The molecule has 0 radical (unpaired) electrons. The number of nitrogens with zero attached hydrogens (tertiary/aromatic N) is 1. The Morgan fingerprint density at radius 3 is 2.42 bits per heavy atom. The summed E-state index contributed by atoms with van der Waals surface area (Å²) in [5, 5.41) is 2.79. The van der Waals surface area contributed by atoms with Crippen molar-refractivity contribution in [3.05, 3.63) is 65.4 Å². The van der Waals surface area contributed by atoms with Gasteiger partial charge in [-0.15, -0.1) is 0 Å². The molecule has 10 heteroatoms. The first kappa shape index (κ1) is 24.1. The minimum absolute atomic E-state index is 0.0678. The molecule has 9 nitrogen and oxygen atoms in total. The molecule has 0 fully saturated rings. The van der Waals surface area contributed by atoms with Crippen molar-refractivity contribution in [2.75, 3.05) is 18.9 Å². The number of sulfonamides is 1. The monoisotopic (exact) mass is 473 g/mol. The molecule has 0 spiro atoms. The highest BCUT2D eigenvalue weighted by molar-refractivity contribution is 7.92. The topological polar surface area (TPSA) is 114 Å². The molecule has 1 aliphatic rings. The van der Waals surface area contributed by atoms with Crippen LogP contribution in [0, 0.1) is 0 Å². The second-order valence-electron chi connectivity index (χ2n) is 7.80. The van der Waals surface area contributed by atoms with E-state index in [1.54, 1.807) is 64.2 Å². The number of nitrogens with one attached hydrogen (secondary N) is 2. The second kappa shape index (κ2) is 9.53. The smallest absolute Gasteiger partial charge is 0.338 e. The zero-order valence-corrected chi connectivity index (χ0v) is 19.9. The van der Waals surface area contributed by atoms with Crippen molar-refractivity contribution in [1.29, 1.82) is 0 Å². The highest BCUT2D eigenvalue weighted by Crippen LogP contribution is 2.32. The van der Waals surface area contributed by atoms with E-state index >= 15 is 0 Å². The summed E-state index contributed by atoms with van der Waals surface area (Å²) in [7, 11) is -0.812. The highest BCUT2D eigenvalue weighted by Gasteiger charge is 2.35. The molecule has 1 aliphatic heterocycles. The van der Waals surface area contributed by atoms with E-state index in [9.17, 15) is 18.0 Å². The van der Waals surface area contributed by atoms with Crippen LogP contribution in [0.5, 0.6) is 5.75 Å². The first-order valence-corrected chi connectivity index (χ1v) is 11.7. The molecule has 1 atom stereocenters. The summed E-state index contributed by atoms with van der Waals surface area (Å²) in [6.45, 7) is 5.14. The number of methoxy groups -OCH3 is 1. The fraction of sp³-hybridized carbons (Fsp3) is 0.304. The lowest BCUT2D eigenvalue weighted by atomic mass is 9.94. The van der Waals surface area contributed by atoms with Crippen LogP contribution >= 0.6 is 0 Å². The van der Waals surface area contributed by atoms with Gasteiger partial charge in [0, 0.05) is 18.4 Å². The molecule has 0 aliphatic carbocycles. The van der Waals surface area contributed by atoms with E-state index in [-0.39, 0.29) is 28.3 Å². The molecular weight excluding hydrogens is 446 g/mol. The molecule has 3 rings (SSSR count). The van der Waals surface area contributed by atoms with Gasteiger partial charge in [0.2, 0.25) is 0 Å². The van der Waals surface area contributed by atoms with Crippen LogP contribution in [0.4, 0.5) is 10.5 Å². The maximum absolute atomic E-state index is 12.8. The lowest BCUT2D eigenvalue weighted by molar-refractivity contribution is -0.143. The molecule has 0 saturated heterocycles. The molecule has 2 amide bonds. The molecule has 0 unspecified atom stereocenters. The minimum atomic E-state index is -3.87. The van der Waals surface area contributed by atoms with Crippen LogP contribution in [0.25, 0.3) is 0 Å². The van der Waals surface area contributed by atoms with E-state index in [2.05, 4.69) is 10.0 Å². The summed E-state index contributed by atoms with van der Waals surface area (Å²) in [6.07, 6.45) is -0.343. The largest absolute Gasteiger partial charge is 0.497 e. The Hall–Kier alpha value is -3.53. The molecule has 2 N–H and O–H groups in total. The minimum Gasteiger partial charge on any atom is -0.497 e. The fourth-order valence-electron chi connectivity index (χ4n) is 3.38. The number of carbonyl (C=O) groups is 2. The number of allylic oxidation sites excluding steroid dienone is 1. The Morgan fingerprint density at radius 1 is 1.15 bits per heavy atom. The van der Waals surface area contributed by atoms with Crippen molar-refractivity contribution in [2.24, 2.45) is 0 Å². The molecule has 0 saturated carbocycles. The number of anilines is 1.